The van der Waals surface area contributed by atoms with Crippen molar-refractivity contribution >= 4 is 0 Å². The van der Waals surface area contributed by atoms with Gasteiger partial charge in [0.15, 0.2) is 0 Å². The molecule has 97 valence electrons. The van der Waals surface area contributed by atoms with Gasteiger partial charge >= 0.3 is 22.6 Å². The average Bonchev–Trinajstić information content (AvgIpc) is 2.55. The predicted octanol–water partition coefficient (Wildman–Crippen LogP) is 2.50. The van der Waals surface area contributed by atoms with Crippen molar-refractivity contribution in [3.8, 4) is 0 Å². The first-order chi connectivity index (χ1) is 7.55. The van der Waals surface area contributed by atoms with Gasteiger partial charge in [-0.2, -0.15) is 0 Å². The Morgan fingerprint density at radius 2 is 0.647 bits per heavy atom. The zero-order chi connectivity index (χ0) is 13.9. The largest absolute Gasteiger partial charge is 0 e. The van der Waals surface area contributed by atoms with Crippen molar-refractivity contribution < 1.29 is 31.5 Å². The molecule has 1 aliphatic carbocycles. The fourth-order valence-corrected chi connectivity index (χ4v) is 1.41. The van der Waals surface area contributed by atoms with Crippen LogP contribution in [0.15, 0.2) is 0 Å². The summed E-state index contributed by atoms with van der Waals surface area (Å²) in [5.74, 6) is 7.34. The number of hydrogen-bond acceptors (Lipinski definition) is 1. The van der Waals surface area contributed by atoms with Crippen LogP contribution in [0.5, 0.6) is 0 Å². The van der Waals surface area contributed by atoms with Crippen LogP contribution in [0.1, 0.15) is 34.6 Å². The van der Waals surface area contributed by atoms with Crippen LogP contribution < -0.4 is 0 Å². The minimum atomic E-state index is 0. The van der Waals surface area contributed by atoms with Crippen LogP contribution in [0.2, 0.25) is 0 Å². The van der Waals surface area contributed by atoms with Gasteiger partial charge in [0.1, 0.15) is 0 Å². The summed E-state index contributed by atoms with van der Waals surface area (Å²) in [6.45, 7) is 20.0. The molecule has 1 rings (SSSR count). The Balaban J connectivity index is -0.000000106. The van der Waals surface area contributed by atoms with Gasteiger partial charge in [0, 0.05) is 24.2 Å². The predicted molar refractivity (Wildman–Crippen MR) is 60.6 cm³/mol. The van der Waals surface area contributed by atoms with Crippen molar-refractivity contribution in [1.29, 1.82) is 0 Å². The molecule has 0 aromatic rings. The molecule has 17 heavy (non-hydrogen) atoms. The van der Waals surface area contributed by atoms with Crippen LogP contribution >= 0.6 is 0 Å². The van der Waals surface area contributed by atoms with Gasteiger partial charge in [0.25, 0.3) is 0 Å². The van der Waals surface area contributed by atoms with E-state index in [1.807, 2.05) is 0 Å². The van der Waals surface area contributed by atoms with Crippen molar-refractivity contribution in [2.24, 2.45) is 0 Å². The van der Waals surface area contributed by atoms with Gasteiger partial charge in [-0.1, -0.05) is 34.6 Å². The summed E-state index contributed by atoms with van der Waals surface area (Å²) in [5.41, 5.74) is 0. The summed E-state index contributed by atoms with van der Waals surface area (Å²) in [7, 11) is 1.00. The molecule has 5 radical (unpaired) electrons. The van der Waals surface area contributed by atoms with E-state index < -0.39 is 0 Å². The first-order valence-corrected chi connectivity index (χ1v) is 4.61. The van der Waals surface area contributed by atoms with Crippen LogP contribution in [-0.4, -0.2) is 12.2 Å². The van der Waals surface area contributed by atoms with Crippen molar-refractivity contribution in [2.75, 3.05) is 7.11 Å². The van der Waals surface area contributed by atoms with Gasteiger partial charge in [0.2, 0.25) is 0 Å². The standard InChI is InChI=1S/C10H15.CH4O.2CO.Fe/c1-6-7(2)9(4)10(5)8(6)3;3*1-2;/h1-5H3;2H,1H3;;;. The number of aliphatic hydroxyl groups excluding tert-OH is 1. The topological polar surface area (TPSA) is 60.0 Å². The molecule has 1 fully saturated rings. The van der Waals surface area contributed by atoms with Crippen LogP contribution in [0, 0.1) is 42.9 Å². The second-order valence-electron chi connectivity index (χ2n) is 3.12. The smallest absolute Gasteiger partial charge is 0 e. The monoisotopic (exact) mass is 279 g/mol. The third kappa shape index (κ3) is 7.81. The van der Waals surface area contributed by atoms with Gasteiger partial charge in [-0.05, 0) is 29.6 Å². The number of hydrogen-bond donors (Lipinski definition) is 1. The molecule has 1 N–H and O–H groups in total. The molecule has 1 saturated carbocycles. The van der Waals surface area contributed by atoms with Crippen molar-refractivity contribution in [2.45, 2.75) is 34.6 Å². The molecule has 0 unspecified atom stereocenters. The molecule has 0 atom stereocenters. The van der Waals surface area contributed by atoms with E-state index in [2.05, 4.69) is 47.9 Å². The minimum absolute atomic E-state index is 0. The molecule has 0 amide bonds. The Morgan fingerprint density at radius 1 is 0.588 bits per heavy atom. The zero-order valence-corrected chi connectivity index (χ0v) is 12.2. The SMILES string of the molecule is CO.C[C]1[C](C)[C](C)[C](C)[C]1C.[C-]#[O+].[C-]#[O+].[Fe]. The third-order valence-corrected chi connectivity index (χ3v) is 2.81. The van der Waals surface area contributed by atoms with Gasteiger partial charge < -0.3 is 5.11 Å². The molecule has 4 heteroatoms. The number of rotatable bonds is 0. The van der Waals surface area contributed by atoms with E-state index in [9.17, 15) is 0 Å². The summed E-state index contributed by atoms with van der Waals surface area (Å²) < 4.78 is 15.0. The van der Waals surface area contributed by atoms with Gasteiger partial charge in [0.05, 0.1) is 0 Å². The van der Waals surface area contributed by atoms with E-state index in [1.165, 1.54) is 29.6 Å². The van der Waals surface area contributed by atoms with Crippen molar-refractivity contribution in [1.82, 2.24) is 0 Å². The maximum Gasteiger partial charge on any atom is 0 e. The quantitative estimate of drug-likeness (QED) is 0.413. The Kier molecular flexibility index (Phi) is 24.1. The second kappa shape index (κ2) is 16.0. The first-order valence-electron chi connectivity index (χ1n) is 4.61. The molecule has 1 aliphatic rings. The van der Waals surface area contributed by atoms with Crippen LogP contribution in [0.4, 0.5) is 0 Å². The minimum Gasteiger partial charge on any atom is 0 e. The van der Waals surface area contributed by atoms with E-state index >= 15 is 0 Å². The fraction of sp³-hybridized carbons (Fsp3) is 0.462. The average molecular weight is 279 g/mol. The summed E-state index contributed by atoms with van der Waals surface area (Å²) in [6, 6.07) is 0. The maximum absolute atomic E-state index is 7.50. The van der Waals surface area contributed by atoms with E-state index in [4.69, 9.17) is 14.4 Å². The second-order valence-corrected chi connectivity index (χ2v) is 3.12. The van der Waals surface area contributed by atoms with E-state index in [0.717, 1.165) is 7.11 Å². The molecule has 0 bridgehead atoms. The first kappa shape index (κ1) is 25.7. The summed E-state index contributed by atoms with van der Waals surface area (Å²) >= 11 is 0. The summed E-state index contributed by atoms with van der Waals surface area (Å²) in [6.07, 6.45) is 0. The van der Waals surface area contributed by atoms with Gasteiger partial charge in [-0.3, -0.25) is 0 Å². The molecule has 0 aromatic heterocycles. The van der Waals surface area contributed by atoms with E-state index in [1.54, 1.807) is 0 Å². The van der Waals surface area contributed by atoms with E-state index in [-0.39, 0.29) is 17.1 Å². The van der Waals surface area contributed by atoms with E-state index in [0.29, 0.717) is 0 Å². The van der Waals surface area contributed by atoms with Gasteiger partial charge in [-0.15, -0.1) is 0 Å². The fourth-order valence-electron chi connectivity index (χ4n) is 1.41. The molecule has 0 saturated heterocycles. The van der Waals surface area contributed by atoms with Crippen LogP contribution in [0.25, 0.3) is 0 Å². The number of aliphatic hydroxyl groups is 1. The Bertz CT molecular complexity index is 141. The Labute approximate surface area is 116 Å². The summed E-state index contributed by atoms with van der Waals surface area (Å²) in [4.78, 5) is 0. The Hall–Kier alpha value is -0.0405. The molecule has 0 spiro atoms. The van der Waals surface area contributed by atoms with Crippen LogP contribution in [0.3, 0.4) is 0 Å². The molecule has 0 heterocycles. The maximum atomic E-state index is 7.50. The molecule has 3 nitrogen and oxygen atoms in total. The van der Waals surface area contributed by atoms with Gasteiger partial charge in [-0.25, -0.2) is 0 Å². The molecule has 0 aromatic carbocycles. The Morgan fingerprint density at radius 3 is 0.706 bits per heavy atom. The third-order valence-electron chi connectivity index (χ3n) is 2.81. The van der Waals surface area contributed by atoms with Crippen molar-refractivity contribution in [3.05, 3.63) is 42.9 Å². The normalized spacial score (nSPS) is 17.4. The van der Waals surface area contributed by atoms with Crippen LogP contribution in [-0.2, 0) is 26.4 Å². The molecular weight excluding hydrogens is 260 g/mol. The summed E-state index contributed by atoms with van der Waals surface area (Å²) in [5, 5.41) is 7.00. The van der Waals surface area contributed by atoms with Crippen molar-refractivity contribution in [3.63, 3.8) is 0 Å². The zero-order valence-electron chi connectivity index (χ0n) is 11.1. The molecular formula is C13H19FeO3. The molecule has 0 aliphatic heterocycles.